The van der Waals surface area contributed by atoms with Crippen LogP contribution in [-0.2, 0) is 6.61 Å². The van der Waals surface area contributed by atoms with Gasteiger partial charge in [-0.15, -0.1) is 0 Å². The molecule has 0 aromatic heterocycles. The molecular weight excluding hydrogens is 418 g/mol. The molecule has 0 radical (unpaired) electrons. The smallest absolute Gasteiger partial charge is 0.119 e. The molecule has 0 amide bonds. The zero-order chi connectivity index (χ0) is 20.1. The zero-order valence-corrected chi connectivity index (χ0v) is 17.6. The first-order chi connectivity index (χ1) is 13.5. The molecule has 0 atom stereocenters. The van der Waals surface area contributed by atoms with Crippen molar-refractivity contribution in [2.75, 3.05) is 27.2 Å². The Morgan fingerprint density at radius 1 is 0.929 bits per heavy atom. The van der Waals surface area contributed by atoms with Crippen LogP contribution in [0.2, 0.25) is 0 Å². The molecule has 0 aliphatic heterocycles. The topological polar surface area (TPSA) is 52.9 Å². The molecular formula is C23H24BrNO3. The van der Waals surface area contributed by atoms with Gasteiger partial charge in [-0.2, -0.15) is 0 Å². The van der Waals surface area contributed by atoms with Gasteiger partial charge in [-0.3, -0.25) is 0 Å². The summed E-state index contributed by atoms with van der Waals surface area (Å²) in [7, 11) is 4.04. The van der Waals surface area contributed by atoms with Gasteiger partial charge in [-0.1, -0.05) is 40.2 Å². The van der Waals surface area contributed by atoms with Crippen LogP contribution in [0.4, 0.5) is 0 Å². The van der Waals surface area contributed by atoms with Crippen LogP contribution in [0.25, 0.3) is 22.3 Å². The Kier molecular flexibility index (Phi) is 6.73. The Bertz CT molecular complexity index is 922. The van der Waals surface area contributed by atoms with Gasteiger partial charge in [-0.25, -0.2) is 0 Å². The molecule has 2 N–H and O–H groups in total. The number of halogens is 1. The summed E-state index contributed by atoms with van der Waals surface area (Å²) in [6.45, 7) is 1.46. The number of aromatic hydroxyl groups is 1. The van der Waals surface area contributed by atoms with Crippen LogP contribution in [0.3, 0.4) is 0 Å². The van der Waals surface area contributed by atoms with Crippen molar-refractivity contribution < 1.29 is 14.9 Å². The van der Waals surface area contributed by atoms with E-state index >= 15 is 0 Å². The van der Waals surface area contributed by atoms with Crippen molar-refractivity contribution in [2.45, 2.75) is 6.61 Å². The highest BCUT2D eigenvalue weighted by atomic mass is 79.9. The first-order valence-corrected chi connectivity index (χ1v) is 9.88. The molecule has 5 heteroatoms. The molecule has 0 saturated carbocycles. The number of aliphatic hydroxyl groups is 1. The number of nitrogens with zero attached hydrogens (tertiary/aromatic N) is 1. The Morgan fingerprint density at radius 3 is 2.18 bits per heavy atom. The van der Waals surface area contributed by atoms with Crippen LogP contribution >= 0.6 is 15.9 Å². The van der Waals surface area contributed by atoms with Crippen molar-refractivity contribution in [1.29, 1.82) is 0 Å². The van der Waals surface area contributed by atoms with Gasteiger partial charge in [0.2, 0.25) is 0 Å². The van der Waals surface area contributed by atoms with Crippen LogP contribution in [0, 0.1) is 0 Å². The summed E-state index contributed by atoms with van der Waals surface area (Å²) in [5, 5.41) is 19.2. The van der Waals surface area contributed by atoms with E-state index in [0.717, 1.165) is 44.6 Å². The third-order valence-corrected chi connectivity index (χ3v) is 5.09. The SMILES string of the molecule is CN(C)CCOc1ccc(-c2c(Br)cc(CO)cc2-c2ccc(O)cc2)cc1. The van der Waals surface area contributed by atoms with Gasteiger partial charge in [0.05, 0.1) is 6.61 Å². The number of rotatable bonds is 7. The fourth-order valence-electron chi connectivity index (χ4n) is 2.98. The summed E-state index contributed by atoms with van der Waals surface area (Å²) in [5.74, 6) is 1.06. The predicted octanol–water partition coefficient (Wildman–Crippen LogP) is 4.92. The molecule has 146 valence electrons. The minimum Gasteiger partial charge on any atom is -0.508 e. The maximum absolute atomic E-state index is 9.62. The number of phenolic OH excluding ortho intramolecular Hbond substituents is 1. The van der Waals surface area contributed by atoms with Crippen LogP contribution in [0.5, 0.6) is 11.5 Å². The highest BCUT2D eigenvalue weighted by Gasteiger charge is 2.14. The van der Waals surface area contributed by atoms with Crippen molar-refractivity contribution in [3.8, 4) is 33.8 Å². The van der Waals surface area contributed by atoms with Gasteiger partial charge in [0.25, 0.3) is 0 Å². The number of hydrogen-bond donors (Lipinski definition) is 2. The molecule has 0 spiro atoms. The second-order valence-electron chi connectivity index (χ2n) is 6.88. The van der Waals surface area contributed by atoms with Gasteiger partial charge in [0, 0.05) is 16.6 Å². The maximum Gasteiger partial charge on any atom is 0.119 e. The summed E-state index contributed by atoms with van der Waals surface area (Å²) >= 11 is 3.67. The van der Waals surface area contributed by atoms with E-state index in [9.17, 15) is 10.2 Å². The average molecular weight is 442 g/mol. The third kappa shape index (κ3) is 4.93. The van der Waals surface area contributed by atoms with E-state index in [1.165, 1.54) is 0 Å². The number of likely N-dealkylation sites (N-methyl/N-ethyl adjacent to an activating group) is 1. The minimum absolute atomic E-state index is 0.0391. The van der Waals surface area contributed by atoms with Gasteiger partial charge in [0.15, 0.2) is 0 Å². The van der Waals surface area contributed by atoms with E-state index in [0.29, 0.717) is 6.61 Å². The number of aliphatic hydroxyl groups excluding tert-OH is 1. The van der Waals surface area contributed by atoms with E-state index in [4.69, 9.17) is 4.74 Å². The predicted molar refractivity (Wildman–Crippen MR) is 117 cm³/mol. The molecule has 0 unspecified atom stereocenters. The second-order valence-corrected chi connectivity index (χ2v) is 7.74. The lowest BCUT2D eigenvalue weighted by Crippen LogP contribution is -2.19. The van der Waals surface area contributed by atoms with Crippen molar-refractivity contribution in [2.24, 2.45) is 0 Å². The first kappa shape index (κ1) is 20.4. The first-order valence-electron chi connectivity index (χ1n) is 9.08. The van der Waals surface area contributed by atoms with E-state index in [2.05, 4.69) is 20.8 Å². The van der Waals surface area contributed by atoms with Gasteiger partial charge < -0.3 is 19.8 Å². The average Bonchev–Trinajstić information content (AvgIpc) is 2.68. The quantitative estimate of drug-likeness (QED) is 0.546. The van der Waals surface area contributed by atoms with Gasteiger partial charge in [-0.05, 0) is 72.7 Å². The lowest BCUT2D eigenvalue weighted by Gasteiger charge is -2.16. The van der Waals surface area contributed by atoms with Crippen molar-refractivity contribution in [3.05, 3.63) is 70.7 Å². The van der Waals surface area contributed by atoms with Crippen molar-refractivity contribution in [3.63, 3.8) is 0 Å². The molecule has 0 fully saturated rings. The third-order valence-electron chi connectivity index (χ3n) is 4.46. The number of phenols is 1. The van der Waals surface area contributed by atoms with Crippen molar-refractivity contribution in [1.82, 2.24) is 4.90 Å². The fourth-order valence-corrected chi connectivity index (χ4v) is 3.72. The van der Waals surface area contributed by atoms with Crippen LogP contribution in [0.1, 0.15) is 5.56 Å². The molecule has 0 bridgehead atoms. The molecule has 0 aliphatic carbocycles. The Balaban J connectivity index is 1.97. The van der Waals surface area contributed by atoms with Crippen LogP contribution in [-0.4, -0.2) is 42.4 Å². The summed E-state index contributed by atoms with van der Waals surface area (Å²) in [4.78, 5) is 2.08. The molecule has 3 aromatic rings. The molecule has 0 heterocycles. The van der Waals surface area contributed by atoms with E-state index in [-0.39, 0.29) is 12.4 Å². The monoisotopic (exact) mass is 441 g/mol. The van der Waals surface area contributed by atoms with E-state index in [1.54, 1.807) is 12.1 Å². The number of hydrogen-bond acceptors (Lipinski definition) is 4. The number of ether oxygens (including phenoxy) is 1. The molecule has 0 saturated heterocycles. The molecule has 28 heavy (non-hydrogen) atoms. The van der Waals surface area contributed by atoms with Gasteiger partial charge in [0.1, 0.15) is 18.1 Å². The van der Waals surface area contributed by atoms with Crippen LogP contribution in [0.15, 0.2) is 65.1 Å². The van der Waals surface area contributed by atoms with Gasteiger partial charge >= 0.3 is 0 Å². The molecule has 3 aromatic carbocycles. The van der Waals surface area contributed by atoms with Crippen LogP contribution < -0.4 is 4.74 Å². The molecule has 0 aliphatic rings. The highest BCUT2D eigenvalue weighted by Crippen LogP contribution is 2.39. The zero-order valence-electron chi connectivity index (χ0n) is 16.0. The molecule has 3 rings (SSSR count). The maximum atomic E-state index is 9.62. The minimum atomic E-state index is -0.0391. The second kappa shape index (κ2) is 9.24. The lowest BCUT2D eigenvalue weighted by atomic mass is 9.93. The Morgan fingerprint density at radius 2 is 1.57 bits per heavy atom. The summed E-state index contributed by atoms with van der Waals surface area (Å²) in [6.07, 6.45) is 0. The molecule has 4 nitrogen and oxygen atoms in total. The van der Waals surface area contributed by atoms with Crippen molar-refractivity contribution >= 4 is 15.9 Å². The fraction of sp³-hybridized carbons (Fsp3) is 0.217. The normalized spacial score (nSPS) is 11.0. The summed E-state index contributed by atoms with van der Waals surface area (Å²) in [6, 6.07) is 19.0. The van der Waals surface area contributed by atoms with E-state index in [1.807, 2.05) is 62.6 Å². The summed E-state index contributed by atoms with van der Waals surface area (Å²) < 4.78 is 6.69. The highest BCUT2D eigenvalue weighted by molar-refractivity contribution is 9.10. The number of benzene rings is 3. The van der Waals surface area contributed by atoms with E-state index < -0.39 is 0 Å². The Labute approximate surface area is 174 Å². The largest absolute Gasteiger partial charge is 0.508 e. The summed E-state index contributed by atoms with van der Waals surface area (Å²) in [5.41, 5.74) is 4.85. The lowest BCUT2D eigenvalue weighted by molar-refractivity contribution is 0.261. The standard InChI is InChI=1S/C23H24BrNO3/c1-25(2)11-12-28-20-9-5-18(6-10-20)23-21(13-16(15-26)14-22(23)24)17-3-7-19(27)8-4-17/h3-10,13-14,26-27H,11-12,15H2,1-2H3. The Hall–Kier alpha value is -2.34.